The number of pyridine rings is 1. The van der Waals surface area contributed by atoms with E-state index in [1.54, 1.807) is 22.8 Å². The molecular weight excluding hydrogens is 734 g/mol. The van der Waals surface area contributed by atoms with Gasteiger partial charge in [-0.25, -0.2) is 22.7 Å². The highest BCUT2D eigenvalue weighted by atomic mass is 19.3. The number of benzene rings is 3. The summed E-state index contributed by atoms with van der Waals surface area (Å²) in [4.78, 5) is 47.7. The van der Waals surface area contributed by atoms with E-state index in [-0.39, 0.29) is 35.0 Å². The number of fused-ring (bicyclic) bond motifs is 1. The van der Waals surface area contributed by atoms with Gasteiger partial charge in [0.25, 0.3) is 12.3 Å². The molecule has 3 amide bonds. The molecule has 8 rings (SSSR count). The number of rotatable bonds is 11. The maximum atomic E-state index is 15.3. The zero-order chi connectivity index (χ0) is 39.5. The number of halogens is 3. The molecule has 57 heavy (non-hydrogen) atoms. The summed E-state index contributed by atoms with van der Waals surface area (Å²) >= 11 is 0. The van der Waals surface area contributed by atoms with Gasteiger partial charge in [-0.3, -0.25) is 29.6 Å². The van der Waals surface area contributed by atoms with E-state index >= 15 is 4.39 Å². The fourth-order valence-electron chi connectivity index (χ4n) is 7.42. The van der Waals surface area contributed by atoms with Crippen LogP contribution >= 0.6 is 0 Å². The van der Waals surface area contributed by atoms with Crippen molar-refractivity contribution in [1.82, 2.24) is 35.1 Å². The van der Waals surface area contributed by atoms with E-state index in [0.717, 1.165) is 55.0 Å². The lowest BCUT2D eigenvalue weighted by Gasteiger charge is -2.31. The monoisotopic (exact) mass is 772 g/mol. The zero-order valence-corrected chi connectivity index (χ0v) is 30.8. The minimum absolute atomic E-state index is 0.0781. The Balaban J connectivity index is 0.856. The van der Waals surface area contributed by atoms with Crippen LogP contribution in [0.25, 0.3) is 27.9 Å². The molecule has 3 N–H and O–H groups in total. The van der Waals surface area contributed by atoms with Gasteiger partial charge in [0.05, 0.1) is 23.1 Å². The maximum absolute atomic E-state index is 15.3. The first-order valence-electron chi connectivity index (χ1n) is 18.8. The summed E-state index contributed by atoms with van der Waals surface area (Å²) < 4.78 is 42.7. The number of aromatic nitrogens is 4. The molecular formula is C43H39F3N8O3. The quantitative estimate of drug-likeness (QED) is 0.119. The number of nitrogens with zero attached hydrogens (tertiary/aromatic N) is 5. The van der Waals surface area contributed by atoms with E-state index in [4.69, 9.17) is 4.98 Å². The minimum Gasteiger partial charge on any atom is -0.372 e. The van der Waals surface area contributed by atoms with Crippen LogP contribution in [0.3, 0.4) is 0 Å². The molecule has 0 spiro atoms. The third kappa shape index (κ3) is 8.55. The summed E-state index contributed by atoms with van der Waals surface area (Å²) in [5.41, 5.74) is 7.09. The second-order valence-electron chi connectivity index (χ2n) is 14.4. The molecule has 0 bridgehead atoms. The normalized spacial score (nSPS) is 16.5. The van der Waals surface area contributed by atoms with Gasteiger partial charge in [-0.1, -0.05) is 48.5 Å². The van der Waals surface area contributed by atoms with Crippen LogP contribution in [0.5, 0.6) is 0 Å². The van der Waals surface area contributed by atoms with Crippen molar-refractivity contribution >= 4 is 28.9 Å². The Kier molecular flexibility index (Phi) is 10.8. The van der Waals surface area contributed by atoms with Crippen molar-refractivity contribution in [1.29, 1.82) is 0 Å². The Labute approximate surface area is 326 Å². The number of hydrogen-bond acceptors (Lipinski definition) is 8. The SMILES string of the molecule is O=C1CCC(Nc2ccc(C3CCN(Cc4ccc(-c5cc6c(-c7ccc(CNC(=O)c8ccc(C(F)F)cc8)c(F)c7)ncnn6c5)cc4)CC3)nc2)C(=O)N1. The first-order chi connectivity index (χ1) is 27.7. The zero-order valence-electron chi connectivity index (χ0n) is 30.8. The number of hydrogen-bond donors (Lipinski definition) is 3. The van der Waals surface area contributed by atoms with Gasteiger partial charge in [-0.05, 0) is 79.9 Å². The maximum Gasteiger partial charge on any atom is 0.263 e. The molecule has 1 unspecified atom stereocenters. The summed E-state index contributed by atoms with van der Waals surface area (Å²) in [5, 5.41) is 12.6. The topological polar surface area (TPSA) is 134 Å². The van der Waals surface area contributed by atoms with Gasteiger partial charge in [0, 0.05) is 65.1 Å². The van der Waals surface area contributed by atoms with Crippen LogP contribution in [-0.4, -0.2) is 61.3 Å². The van der Waals surface area contributed by atoms with Crippen molar-refractivity contribution in [3.8, 4) is 22.4 Å². The van der Waals surface area contributed by atoms with Crippen LogP contribution in [0.4, 0.5) is 18.9 Å². The van der Waals surface area contributed by atoms with Crippen LogP contribution in [0.1, 0.15) is 70.8 Å². The molecule has 6 aromatic rings. The number of amides is 3. The fraction of sp³-hybridized carbons (Fsp3) is 0.256. The average Bonchev–Trinajstić information content (AvgIpc) is 3.67. The molecule has 0 saturated carbocycles. The van der Waals surface area contributed by atoms with Crippen LogP contribution in [0, 0.1) is 5.82 Å². The van der Waals surface area contributed by atoms with Crippen LogP contribution < -0.4 is 16.0 Å². The molecule has 290 valence electrons. The summed E-state index contributed by atoms with van der Waals surface area (Å²) in [6.07, 6.45) is 5.27. The molecule has 0 aliphatic carbocycles. The van der Waals surface area contributed by atoms with Gasteiger partial charge in [0.1, 0.15) is 18.2 Å². The molecule has 0 radical (unpaired) electrons. The van der Waals surface area contributed by atoms with Gasteiger partial charge in [0.2, 0.25) is 11.8 Å². The van der Waals surface area contributed by atoms with Crippen LogP contribution in [-0.2, 0) is 22.7 Å². The molecule has 3 aromatic carbocycles. The molecule has 2 aliphatic heterocycles. The van der Waals surface area contributed by atoms with E-state index < -0.39 is 24.2 Å². The Morgan fingerprint density at radius 3 is 2.35 bits per heavy atom. The number of alkyl halides is 2. The predicted octanol–water partition coefficient (Wildman–Crippen LogP) is 7.06. The number of anilines is 1. The van der Waals surface area contributed by atoms with Crippen molar-refractivity contribution in [2.75, 3.05) is 18.4 Å². The lowest BCUT2D eigenvalue weighted by atomic mass is 9.92. The van der Waals surface area contributed by atoms with Gasteiger partial charge in [-0.2, -0.15) is 5.10 Å². The van der Waals surface area contributed by atoms with Crippen molar-refractivity contribution in [3.63, 3.8) is 0 Å². The molecule has 14 heteroatoms. The molecule has 5 heterocycles. The third-order valence-electron chi connectivity index (χ3n) is 10.7. The highest BCUT2D eigenvalue weighted by Crippen LogP contribution is 2.31. The van der Waals surface area contributed by atoms with Crippen molar-refractivity contribution < 1.29 is 27.6 Å². The standard InChI is InChI=1S/C43H39F3N8O3/c44-35-19-31(9-10-32(35)21-48-42(56)30-7-5-29(6-8-30)41(45)46)40-38-20-33(24-54(38)50-25-49-40)27-3-1-26(2-4-27)23-53-17-15-28(16-18-53)36-12-11-34(22-47-36)51-37-13-14-39(55)52-43(37)57/h1-12,19-20,22,24-25,28,37,41,51H,13-18,21,23H2,(H,48,56)(H,52,55,57). The number of likely N-dealkylation sites (tertiary alicyclic amines) is 1. The number of piperidine rings is 2. The van der Waals surface area contributed by atoms with E-state index in [1.165, 1.54) is 42.2 Å². The Hall–Kier alpha value is -6.41. The molecule has 2 aliphatic rings. The molecule has 1 atom stereocenters. The van der Waals surface area contributed by atoms with E-state index in [0.29, 0.717) is 35.5 Å². The van der Waals surface area contributed by atoms with Crippen molar-refractivity contribution in [2.45, 2.75) is 57.2 Å². The van der Waals surface area contributed by atoms with Crippen LogP contribution in [0.2, 0.25) is 0 Å². The van der Waals surface area contributed by atoms with Gasteiger partial charge < -0.3 is 10.6 Å². The Morgan fingerprint density at radius 2 is 1.65 bits per heavy atom. The van der Waals surface area contributed by atoms with Gasteiger partial charge in [0.15, 0.2) is 0 Å². The lowest BCUT2D eigenvalue weighted by Crippen LogP contribution is -2.47. The first-order valence-corrected chi connectivity index (χ1v) is 18.8. The van der Waals surface area contributed by atoms with Crippen LogP contribution in [0.15, 0.2) is 104 Å². The number of carbonyl (C=O) groups is 3. The second-order valence-corrected chi connectivity index (χ2v) is 14.4. The van der Waals surface area contributed by atoms with Crippen molar-refractivity contribution in [2.24, 2.45) is 0 Å². The minimum atomic E-state index is -2.63. The van der Waals surface area contributed by atoms with E-state index in [1.807, 2.05) is 24.4 Å². The molecule has 11 nitrogen and oxygen atoms in total. The van der Waals surface area contributed by atoms with Gasteiger partial charge in [-0.15, -0.1) is 0 Å². The van der Waals surface area contributed by atoms with Gasteiger partial charge >= 0.3 is 0 Å². The second kappa shape index (κ2) is 16.4. The third-order valence-corrected chi connectivity index (χ3v) is 10.7. The first kappa shape index (κ1) is 37.5. The Morgan fingerprint density at radius 1 is 0.877 bits per heavy atom. The highest BCUT2D eigenvalue weighted by Gasteiger charge is 2.27. The highest BCUT2D eigenvalue weighted by molar-refractivity contribution is 6.01. The average molecular weight is 773 g/mol. The summed E-state index contributed by atoms with van der Waals surface area (Å²) in [5.74, 6) is -1.18. The fourth-order valence-corrected chi connectivity index (χ4v) is 7.42. The smallest absolute Gasteiger partial charge is 0.263 e. The molecule has 2 fully saturated rings. The van der Waals surface area contributed by atoms with E-state index in [9.17, 15) is 23.2 Å². The number of nitrogens with one attached hydrogen (secondary N) is 3. The number of carbonyl (C=O) groups excluding carboxylic acids is 3. The molecule has 3 aromatic heterocycles. The Bertz CT molecular complexity index is 2410. The lowest BCUT2D eigenvalue weighted by molar-refractivity contribution is -0.133. The number of imide groups is 1. The molecule has 2 saturated heterocycles. The summed E-state index contributed by atoms with van der Waals surface area (Å²) in [6.45, 7) is 2.66. The predicted molar refractivity (Wildman–Crippen MR) is 208 cm³/mol. The summed E-state index contributed by atoms with van der Waals surface area (Å²) in [6, 6.07) is 23.7. The summed E-state index contributed by atoms with van der Waals surface area (Å²) in [7, 11) is 0. The van der Waals surface area contributed by atoms with E-state index in [2.05, 4.69) is 55.2 Å². The largest absolute Gasteiger partial charge is 0.372 e. The van der Waals surface area contributed by atoms with Crippen molar-refractivity contribution in [3.05, 3.63) is 137 Å².